The van der Waals surface area contributed by atoms with E-state index in [1.54, 1.807) is 12.1 Å². The molecule has 0 bridgehead atoms. The molecule has 2 N–H and O–H groups in total. The normalized spacial score (nSPS) is 12.8. The Kier molecular flexibility index (Phi) is 5.24. The van der Waals surface area contributed by atoms with Crippen LogP contribution in [0.5, 0.6) is 5.75 Å². The Balaban J connectivity index is 2.66. The number of benzene rings is 1. The van der Waals surface area contributed by atoms with Crippen molar-refractivity contribution in [3.05, 3.63) is 29.8 Å². The van der Waals surface area contributed by atoms with E-state index in [1.807, 2.05) is 21.1 Å². The summed E-state index contributed by atoms with van der Waals surface area (Å²) in [6.07, 6.45) is -1.01. The molecule has 1 atom stereocenters. The molecule has 110 valence electrons. The molecule has 6 heteroatoms. The van der Waals surface area contributed by atoms with Crippen LogP contribution in [0, 0.1) is 0 Å². The number of hydrogen-bond donors (Lipinski definition) is 2. The van der Waals surface area contributed by atoms with Gasteiger partial charge in [0.2, 0.25) is 0 Å². The summed E-state index contributed by atoms with van der Waals surface area (Å²) < 4.78 is 5.52. The first kappa shape index (κ1) is 16.1. The van der Waals surface area contributed by atoms with Crippen molar-refractivity contribution in [1.29, 1.82) is 0 Å². The van der Waals surface area contributed by atoms with E-state index in [9.17, 15) is 14.7 Å². The lowest BCUT2D eigenvalue weighted by molar-refractivity contribution is -0.873. The molecule has 0 aliphatic carbocycles. The van der Waals surface area contributed by atoms with Crippen LogP contribution in [0.25, 0.3) is 0 Å². The zero-order chi connectivity index (χ0) is 15.3. The lowest BCUT2D eigenvalue weighted by Crippen LogP contribution is -2.42. The third-order valence-electron chi connectivity index (χ3n) is 2.50. The Hall–Kier alpha value is -1.92. The number of aliphatic hydroxyl groups is 1. The fourth-order valence-corrected chi connectivity index (χ4v) is 1.79. The molecule has 0 spiro atoms. The number of aliphatic hydroxyl groups excluding tert-OH is 1. The summed E-state index contributed by atoms with van der Waals surface area (Å²) in [5.74, 6) is -1.83. The third kappa shape index (κ3) is 5.38. The molecule has 1 aromatic rings. The Morgan fingerprint density at radius 2 is 1.85 bits per heavy atom. The molecule has 20 heavy (non-hydrogen) atoms. The Labute approximate surface area is 117 Å². The van der Waals surface area contributed by atoms with E-state index >= 15 is 0 Å². The number of carbonyl (C=O) groups excluding carboxylic acids is 1. The zero-order valence-corrected chi connectivity index (χ0v) is 11.9. The molecule has 0 heterocycles. The van der Waals surface area contributed by atoms with Crippen LogP contribution in [0.2, 0.25) is 0 Å². The minimum absolute atomic E-state index is 0.0116. The van der Waals surface area contributed by atoms with Crippen molar-refractivity contribution in [1.82, 2.24) is 0 Å². The number of para-hydroxylation sites is 1. The minimum atomic E-state index is -1.17. The topological polar surface area (TPSA) is 83.8 Å². The van der Waals surface area contributed by atoms with Gasteiger partial charge in [-0.1, -0.05) is 12.1 Å². The highest BCUT2D eigenvalue weighted by Crippen LogP contribution is 2.18. The summed E-state index contributed by atoms with van der Waals surface area (Å²) in [4.78, 5) is 22.7. The van der Waals surface area contributed by atoms with Gasteiger partial charge in [-0.15, -0.1) is 0 Å². The van der Waals surface area contributed by atoms with Gasteiger partial charge in [0.05, 0.1) is 27.6 Å². The van der Waals surface area contributed by atoms with Crippen LogP contribution < -0.4 is 4.74 Å². The first-order chi connectivity index (χ1) is 9.19. The molecular formula is C14H20NO5+. The number of quaternary nitrogens is 1. The Morgan fingerprint density at radius 3 is 2.40 bits per heavy atom. The minimum Gasteiger partial charge on any atom is -0.478 e. The van der Waals surface area contributed by atoms with E-state index in [4.69, 9.17) is 9.84 Å². The van der Waals surface area contributed by atoms with Crippen LogP contribution in [0.4, 0.5) is 0 Å². The number of likely N-dealkylation sites (N-methyl/N-ethyl adjacent to an activating group) is 1. The standard InChI is InChI=1S/C14H19NO5/c1-15(2,3)9-10(16)8-13(17)20-12-7-5-4-6-11(12)14(18)19/h4-7,10,16H,8-9H2,1-3H3/p+1. The zero-order valence-electron chi connectivity index (χ0n) is 11.9. The van der Waals surface area contributed by atoms with Crippen molar-refractivity contribution in [2.45, 2.75) is 12.5 Å². The van der Waals surface area contributed by atoms with Crippen molar-refractivity contribution in [2.24, 2.45) is 0 Å². The Morgan fingerprint density at radius 1 is 1.25 bits per heavy atom. The molecule has 0 fully saturated rings. The maximum Gasteiger partial charge on any atom is 0.339 e. The van der Waals surface area contributed by atoms with E-state index in [0.717, 1.165) is 0 Å². The van der Waals surface area contributed by atoms with Crippen molar-refractivity contribution in [3.8, 4) is 5.75 Å². The molecule has 0 saturated heterocycles. The summed E-state index contributed by atoms with van der Waals surface area (Å²) in [5, 5.41) is 18.7. The van der Waals surface area contributed by atoms with Crippen molar-refractivity contribution in [2.75, 3.05) is 27.7 Å². The van der Waals surface area contributed by atoms with Gasteiger partial charge in [-0.3, -0.25) is 4.79 Å². The van der Waals surface area contributed by atoms with Crippen molar-refractivity contribution in [3.63, 3.8) is 0 Å². The van der Waals surface area contributed by atoms with Gasteiger partial charge in [0.1, 0.15) is 24.0 Å². The number of nitrogens with zero attached hydrogens (tertiary/aromatic N) is 1. The largest absolute Gasteiger partial charge is 0.478 e. The first-order valence-corrected chi connectivity index (χ1v) is 6.20. The molecule has 0 radical (unpaired) electrons. The summed E-state index contributed by atoms with van der Waals surface area (Å²) in [6, 6.07) is 5.89. The fraction of sp³-hybridized carbons (Fsp3) is 0.429. The molecule has 1 aromatic carbocycles. The van der Waals surface area contributed by atoms with Gasteiger partial charge >= 0.3 is 11.9 Å². The third-order valence-corrected chi connectivity index (χ3v) is 2.50. The number of aromatic carboxylic acids is 1. The van der Waals surface area contributed by atoms with Gasteiger partial charge in [-0.25, -0.2) is 4.79 Å². The molecule has 1 unspecified atom stereocenters. The summed E-state index contributed by atoms with van der Waals surface area (Å²) in [6.45, 7) is 0.398. The average Bonchev–Trinajstić information content (AvgIpc) is 2.26. The molecule has 0 amide bonds. The maximum absolute atomic E-state index is 11.7. The van der Waals surface area contributed by atoms with Gasteiger partial charge in [-0.05, 0) is 12.1 Å². The smallest absolute Gasteiger partial charge is 0.339 e. The second kappa shape index (κ2) is 6.49. The maximum atomic E-state index is 11.7. The lowest BCUT2D eigenvalue weighted by atomic mass is 10.2. The van der Waals surface area contributed by atoms with E-state index in [1.165, 1.54) is 12.1 Å². The number of carboxylic acids is 1. The SMILES string of the molecule is C[N+](C)(C)CC(O)CC(=O)Oc1ccccc1C(=O)O. The second-order valence-corrected chi connectivity index (χ2v) is 5.61. The van der Waals surface area contributed by atoms with Gasteiger partial charge in [-0.2, -0.15) is 0 Å². The monoisotopic (exact) mass is 282 g/mol. The fourth-order valence-electron chi connectivity index (χ4n) is 1.79. The molecule has 6 nitrogen and oxygen atoms in total. The summed E-state index contributed by atoms with van der Waals surface area (Å²) in [7, 11) is 5.69. The van der Waals surface area contributed by atoms with Crippen LogP contribution in [0.3, 0.4) is 0 Å². The predicted molar refractivity (Wildman–Crippen MR) is 72.6 cm³/mol. The van der Waals surface area contributed by atoms with Crippen molar-refractivity contribution >= 4 is 11.9 Å². The Bertz CT molecular complexity index is 493. The molecule has 0 aliphatic heterocycles. The van der Waals surface area contributed by atoms with Gasteiger partial charge in [0.15, 0.2) is 0 Å². The van der Waals surface area contributed by atoms with Gasteiger partial charge < -0.3 is 19.4 Å². The average molecular weight is 282 g/mol. The lowest BCUT2D eigenvalue weighted by Gasteiger charge is -2.26. The van der Waals surface area contributed by atoms with E-state index in [-0.39, 0.29) is 17.7 Å². The predicted octanol–water partition coefficient (Wildman–Crippen LogP) is 0.747. The summed E-state index contributed by atoms with van der Waals surface area (Å²) in [5.41, 5.74) is -0.0815. The number of hydrogen-bond acceptors (Lipinski definition) is 4. The molecule has 1 rings (SSSR count). The molecular weight excluding hydrogens is 262 g/mol. The van der Waals surface area contributed by atoms with Crippen LogP contribution in [0.15, 0.2) is 24.3 Å². The van der Waals surface area contributed by atoms with Crippen LogP contribution in [0.1, 0.15) is 16.8 Å². The number of rotatable bonds is 6. The van der Waals surface area contributed by atoms with E-state index in [0.29, 0.717) is 11.0 Å². The second-order valence-electron chi connectivity index (χ2n) is 5.61. The number of esters is 1. The molecule has 0 aliphatic rings. The molecule has 0 aromatic heterocycles. The first-order valence-electron chi connectivity index (χ1n) is 6.20. The van der Waals surface area contributed by atoms with Gasteiger partial charge in [0.25, 0.3) is 0 Å². The molecule has 0 saturated carbocycles. The van der Waals surface area contributed by atoms with Crippen LogP contribution >= 0.6 is 0 Å². The van der Waals surface area contributed by atoms with Crippen LogP contribution in [-0.4, -0.2) is 60.4 Å². The highest BCUT2D eigenvalue weighted by molar-refractivity contribution is 5.91. The number of carboxylic acid groups (broad SMARTS) is 1. The number of carbonyl (C=O) groups is 2. The summed E-state index contributed by atoms with van der Waals surface area (Å²) >= 11 is 0. The highest BCUT2D eigenvalue weighted by Gasteiger charge is 2.21. The van der Waals surface area contributed by atoms with Crippen LogP contribution in [-0.2, 0) is 4.79 Å². The van der Waals surface area contributed by atoms with Crippen molar-refractivity contribution < 1.29 is 29.0 Å². The number of ether oxygens (including phenoxy) is 1. The quantitative estimate of drug-likeness (QED) is 0.457. The van der Waals surface area contributed by atoms with Gasteiger partial charge in [0, 0.05) is 0 Å². The van der Waals surface area contributed by atoms with E-state index in [2.05, 4.69) is 0 Å². The van der Waals surface area contributed by atoms with E-state index < -0.39 is 18.0 Å². The highest BCUT2D eigenvalue weighted by atomic mass is 16.5.